The molecule has 0 aromatic carbocycles. The van der Waals surface area contributed by atoms with Gasteiger partial charge < -0.3 is 10.2 Å². The molecule has 0 aliphatic carbocycles. The van der Waals surface area contributed by atoms with Crippen molar-refractivity contribution in [1.29, 1.82) is 0 Å². The smallest absolute Gasteiger partial charge is 0.0477 e. The van der Waals surface area contributed by atoms with Crippen molar-refractivity contribution in [2.75, 3.05) is 46.4 Å². The molecule has 2 fully saturated rings. The zero-order chi connectivity index (χ0) is 14.1. The van der Waals surface area contributed by atoms with Gasteiger partial charge in [0.05, 0.1) is 0 Å². The predicted octanol–water partition coefficient (Wildman–Crippen LogP) is 2.41. The Kier molecular flexibility index (Phi) is 8.35. The summed E-state index contributed by atoms with van der Waals surface area (Å²) < 4.78 is 0. The van der Waals surface area contributed by atoms with Gasteiger partial charge in [-0.3, -0.25) is 4.90 Å². The zero-order valence-corrected chi connectivity index (χ0v) is 13.0. The summed E-state index contributed by atoms with van der Waals surface area (Å²) in [6.45, 7) is 16.1. The maximum Gasteiger partial charge on any atom is 0.0477 e. The lowest BCUT2D eigenvalue weighted by atomic mass is 9.93. The second-order valence-corrected chi connectivity index (χ2v) is 6.06. The van der Waals surface area contributed by atoms with E-state index in [1.165, 1.54) is 58.4 Å². The molecule has 2 rings (SSSR count). The van der Waals surface area contributed by atoms with Crippen LogP contribution in [0.2, 0.25) is 0 Å². The molecule has 3 nitrogen and oxygen atoms in total. The maximum absolute atomic E-state index is 3.25. The van der Waals surface area contributed by atoms with Crippen LogP contribution < -0.4 is 5.32 Å². The number of nitrogens with one attached hydrogen (secondary N) is 1. The van der Waals surface area contributed by atoms with Crippen molar-refractivity contribution >= 4 is 0 Å². The van der Waals surface area contributed by atoms with E-state index >= 15 is 0 Å². The summed E-state index contributed by atoms with van der Waals surface area (Å²) in [5, 5.41) is 3.25. The number of hydrogen-bond acceptors (Lipinski definition) is 3. The van der Waals surface area contributed by atoms with Gasteiger partial charge in [0, 0.05) is 13.2 Å². The summed E-state index contributed by atoms with van der Waals surface area (Å²) in [7, 11) is 2.04. The third kappa shape index (κ3) is 6.07. The molecule has 3 heteroatoms. The van der Waals surface area contributed by atoms with Crippen molar-refractivity contribution in [3.05, 3.63) is 13.2 Å². The van der Waals surface area contributed by atoms with Crippen LogP contribution in [0.25, 0.3) is 0 Å². The van der Waals surface area contributed by atoms with Gasteiger partial charge in [-0.1, -0.05) is 6.92 Å². The van der Waals surface area contributed by atoms with Crippen LogP contribution in [0, 0.1) is 11.8 Å². The van der Waals surface area contributed by atoms with Crippen LogP contribution in [0.15, 0.2) is 13.2 Å². The average Bonchev–Trinajstić information content (AvgIpc) is 2.46. The van der Waals surface area contributed by atoms with Gasteiger partial charge in [0.1, 0.15) is 0 Å². The first-order chi connectivity index (χ1) is 9.28. The fourth-order valence-corrected chi connectivity index (χ4v) is 3.16. The number of likely N-dealkylation sites (tertiary alicyclic amines) is 2. The second-order valence-electron chi connectivity index (χ2n) is 6.06. The molecule has 0 aromatic heterocycles. The van der Waals surface area contributed by atoms with Crippen LogP contribution in [0.3, 0.4) is 0 Å². The highest BCUT2D eigenvalue weighted by Gasteiger charge is 2.23. The number of hydrogen-bond donors (Lipinski definition) is 1. The lowest BCUT2D eigenvalue weighted by Crippen LogP contribution is -2.43. The van der Waals surface area contributed by atoms with E-state index in [2.05, 4.69) is 35.2 Å². The lowest BCUT2D eigenvalue weighted by molar-refractivity contribution is 0.118. The topological polar surface area (TPSA) is 18.5 Å². The van der Waals surface area contributed by atoms with Gasteiger partial charge in [-0.2, -0.15) is 0 Å². The van der Waals surface area contributed by atoms with Crippen molar-refractivity contribution in [1.82, 2.24) is 15.1 Å². The van der Waals surface area contributed by atoms with Crippen LogP contribution in [0.1, 0.15) is 32.6 Å². The molecule has 0 amide bonds. The van der Waals surface area contributed by atoms with Gasteiger partial charge in [-0.05, 0) is 70.7 Å². The van der Waals surface area contributed by atoms with E-state index in [4.69, 9.17) is 0 Å². The van der Waals surface area contributed by atoms with Crippen molar-refractivity contribution < 1.29 is 0 Å². The predicted molar refractivity (Wildman–Crippen MR) is 84.3 cm³/mol. The van der Waals surface area contributed by atoms with Gasteiger partial charge in [-0.15, -0.1) is 13.2 Å². The minimum atomic E-state index is 0.955. The highest BCUT2D eigenvalue weighted by Crippen LogP contribution is 2.21. The van der Waals surface area contributed by atoms with Crippen molar-refractivity contribution in [2.24, 2.45) is 11.8 Å². The Morgan fingerprint density at radius 2 is 1.47 bits per heavy atom. The second kappa shape index (κ2) is 9.51. The molecular formula is C16H33N3. The molecule has 112 valence electrons. The lowest BCUT2D eigenvalue weighted by Gasteiger charge is -2.37. The zero-order valence-electron chi connectivity index (χ0n) is 13.0. The molecule has 0 atom stereocenters. The highest BCUT2D eigenvalue weighted by atomic mass is 15.2. The first-order valence-corrected chi connectivity index (χ1v) is 7.87. The quantitative estimate of drug-likeness (QED) is 0.789. The summed E-state index contributed by atoms with van der Waals surface area (Å²) in [5.74, 6) is 1.92. The Balaban J connectivity index is 0.000000861. The Hall–Kier alpha value is -0.380. The van der Waals surface area contributed by atoms with Gasteiger partial charge >= 0.3 is 0 Å². The van der Waals surface area contributed by atoms with Gasteiger partial charge in [0.25, 0.3) is 0 Å². The van der Waals surface area contributed by atoms with Gasteiger partial charge in [0.15, 0.2) is 0 Å². The van der Waals surface area contributed by atoms with E-state index in [1.54, 1.807) is 0 Å². The molecule has 2 heterocycles. The van der Waals surface area contributed by atoms with Crippen LogP contribution >= 0.6 is 0 Å². The highest BCUT2D eigenvalue weighted by molar-refractivity contribution is 4.77. The maximum atomic E-state index is 3.25. The van der Waals surface area contributed by atoms with Crippen LogP contribution in [-0.2, 0) is 0 Å². The third-order valence-corrected chi connectivity index (χ3v) is 4.48. The van der Waals surface area contributed by atoms with Gasteiger partial charge in [0.2, 0.25) is 0 Å². The van der Waals surface area contributed by atoms with Gasteiger partial charge in [-0.25, -0.2) is 0 Å². The molecule has 0 bridgehead atoms. The molecular weight excluding hydrogens is 234 g/mol. The summed E-state index contributed by atoms with van der Waals surface area (Å²) in [4.78, 5) is 5.24. The summed E-state index contributed by atoms with van der Waals surface area (Å²) in [5.41, 5.74) is 0. The molecule has 19 heavy (non-hydrogen) atoms. The minimum Gasteiger partial charge on any atom is -0.307 e. The molecule has 2 aliphatic rings. The van der Waals surface area contributed by atoms with Crippen molar-refractivity contribution in [2.45, 2.75) is 32.6 Å². The number of rotatable bonds is 4. The molecule has 0 spiro atoms. The Labute approximate surface area is 120 Å². The summed E-state index contributed by atoms with van der Waals surface area (Å²) in [6, 6.07) is 0. The third-order valence-electron chi connectivity index (χ3n) is 4.48. The largest absolute Gasteiger partial charge is 0.307 e. The molecule has 0 aromatic rings. The van der Waals surface area contributed by atoms with E-state index in [9.17, 15) is 0 Å². The molecule has 0 unspecified atom stereocenters. The fraction of sp³-hybridized carbons (Fsp3) is 0.875. The number of nitrogens with zero attached hydrogens (tertiary/aromatic N) is 2. The normalized spacial score (nSPS) is 23.9. The SMILES string of the molecule is C=C.CNCN1CCC(CN2CCC(C)CC2)CC1. The first kappa shape index (κ1) is 16.7. The Morgan fingerprint density at radius 3 is 2.00 bits per heavy atom. The Bertz CT molecular complexity index is 216. The molecule has 1 N–H and O–H groups in total. The molecule has 0 radical (unpaired) electrons. The minimum absolute atomic E-state index is 0.955. The van der Waals surface area contributed by atoms with Crippen LogP contribution in [-0.4, -0.2) is 56.2 Å². The summed E-state index contributed by atoms with van der Waals surface area (Å²) >= 11 is 0. The van der Waals surface area contributed by atoms with E-state index in [1.807, 2.05) is 7.05 Å². The molecule has 2 aliphatic heterocycles. The van der Waals surface area contributed by atoms with Crippen molar-refractivity contribution in [3.8, 4) is 0 Å². The van der Waals surface area contributed by atoms with E-state index in [-0.39, 0.29) is 0 Å². The first-order valence-electron chi connectivity index (χ1n) is 7.87. The van der Waals surface area contributed by atoms with Crippen LogP contribution in [0.5, 0.6) is 0 Å². The van der Waals surface area contributed by atoms with Crippen molar-refractivity contribution in [3.63, 3.8) is 0 Å². The monoisotopic (exact) mass is 267 g/mol. The summed E-state index contributed by atoms with van der Waals surface area (Å²) in [6.07, 6.45) is 5.62. The fourth-order valence-electron chi connectivity index (χ4n) is 3.16. The van der Waals surface area contributed by atoms with E-state index in [0.29, 0.717) is 0 Å². The standard InChI is InChI=1S/C14H29N3.C2H4/c1-13-3-7-16(8-4-13)11-14-5-9-17(10-6-14)12-15-2;1-2/h13-15H,3-12H2,1-2H3;1-2H2. The van der Waals surface area contributed by atoms with Crippen LogP contribution in [0.4, 0.5) is 0 Å². The van der Waals surface area contributed by atoms with E-state index in [0.717, 1.165) is 18.5 Å². The average molecular weight is 267 g/mol. The number of piperidine rings is 2. The molecule has 2 saturated heterocycles. The van der Waals surface area contributed by atoms with E-state index < -0.39 is 0 Å². The molecule has 0 saturated carbocycles. The Morgan fingerprint density at radius 1 is 0.947 bits per heavy atom.